The molecule has 0 atom stereocenters. The van der Waals surface area contributed by atoms with Crippen LogP contribution < -0.4 is 14.9 Å². The fraction of sp³-hybridized carbons (Fsp3) is 0.200. The maximum atomic E-state index is 12.6. The fourth-order valence-electron chi connectivity index (χ4n) is 1.85. The van der Waals surface area contributed by atoms with Gasteiger partial charge in [-0.25, -0.2) is 0 Å². The summed E-state index contributed by atoms with van der Waals surface area (Å²) in [7, 11) is 0. The summed E-state index contributed by atoms with van der Waals surface area (Å²) < 4.78 is 48.0. The zero-order valence-corrected chi connectivity index (χ0v) is 11.7. The van der Waals surface area contributed by atoms with Gasteiger partial charge < -0.3 is 14.0 Å². The third kappa shape index (κ3) is 4.87. The molecule has 1 aromatic heterocycles. The van der Waals surface area contributed by atoms with Crippen LogP contribution in [0, 0.1) is 0 Å². The molecule has 122 valence electrons. The molecule has 0 unspecified atom stereocenters. The molecule has 0 spiro atoms. The lowest BCUT2D eigenvalue weighted by atomic mass is 10.2. The number of alkyl halides is 3. The van der Waals surface area contributed by atoms with Gasteiger partial charge in [0.05, 0.1) is 12.3 Å². The van der Waals surface area contributed by atoms with E-state index in [0.717, 1.165) is 17.8 Å². The number of halogens is 3. The largest absolute Gasteiger partial charge is 0.483 e. The Morgan fingerprint density at radius 3 is 2.48 bits per heavy atom. The van der Waals surface area contributed by atoms with Gasteiger partial charge in [0.15, 0.2) is 5.75 Å². The maximum Gasteiger partial charge on any atom is 0.406 e. The van der Waals surface area contributed by atoms with Crippen LogP contribution in [-0.4, -0.2) is 17.2 Å². The van der Waals surface area contributed by atoms with E-state index in [9.17, 15) is 22.8 Å². The van der Waals surface area contributed by atoms with Crippen LogP contribution in [0.15, 0.2) is 47.4 Å². The summed E-state index contributed by atoms with van der Waals surface area (Å²) in [5.41, 5.74) is 0.0682. The quantitative estimate of drug-likeness (QED) is 0.765. The Bertz CT molecular complexity index is 726. The van der Waals surface area contributed by atoms with Gasteiger partial charge in [0.2, 0.25) is 11.3 Å². The van der Waals surface area contributed by atoms with Crippen molar-refractivity contribution in [2.45, 2.75) is 19.3 Å². The molecule has 0 saturated heterocycles. The number of rotatable bonds is 6. The number of nitrogens with zero attached hydrogens (tertiary/aromatic N) is 1. The van der Waals surface area contributed by atoms with Crippen LogP contribution in [0.3, 0.4) is 0 Å². The number of benzene rings is 1. The van der Waals surface area contributed by atoms with Crippen molar-refractivity contribution in [3.8, 4) is 11.6 Å². The van der Waals surface area contributed by atoms with Crippen LogP contribution in [0.4, 0.5) is 13.2 Å². The average Bonchev–Trinajstić information content (AvgIpc) is 2.48. The minimum Gasteiger partial charge on any atom is -0.483 e. The molecular weight excluding hydrogens is 315 g/mol. The minimum atomic E-state index is -4.55. The highest BCUT2D eigenvalue weighted by Gasteiger charge is 2.29. The van der Waals surface area contributed by atoms with E-state index in [4.69, 9.17) is 4.74 Å². The van der Waals surface area contributed by atoms with Crippen molar-refractivity contribution in [1.82, 2.24) is 4.57 Å². The summed E-state index contributed by atoms with van der Waals surface area (Å²) in [5.74, 6) is -0.772. The molecule has 23 heavy (non-hydrogen) atoms. The Kier molecular flexibility index (Phi) is 5.05. The van der Waals surface area contributed by atoms with Gasteiger partial charge in [0, 0.05) is 0 Å². The van der Waals surface area contributed by atoms with Crippen LogP contribution in [0.2, 0.25) is 0 Å². The van der Waals surface area contributed by atoms with Crippen molar-refractivity contribution in [2.24, 2.45) is 0 Å². The predicted molar refractivity (Wildman–Crippen MR) is 74.2 cm³/mol. The molecule has 0 aliphatic heterocycles. The molecule has 0 N–H and O–H groups in total. The Hall–Kier alpha value is -2.77. The summed E-state index contributed by atoms with van der Waals surface area (Å²) in [5, 5.41) is 0. The lowest BCUT2D eigenvalue weighted by Crippen LogP contribution is -2.21. The number of carbonyl (C=O) groups is 1. The van der Waals surface area contributed by atoms with E-state index in [2.05, 4.69) is 4.74 Å². The van der Waals surface area contributed by atoms with Gasteiger partial charge >= 0.3 is 6.18 Å². The maximum absolute atomic E-state index is 12.6. The van der Waals surface area contributed by atoms with Crippen LogP contribution in [0.25, 0.3) is 0 Å². The van der Waals surface area contributed by atoms with E-state index in [-0.39, 0.29) is 18.8 Å². The molecule has 1 heterocycles. The van der Waals surface area contributed by atoms with Gasteiger partial charge in [0.25, 0.3) is 6.47 Å². The van der Waals surface area contributed by atoms with E-state index in [0.29, 0.717) is 4.57 Å². The second-order valence-electron chi connectivity index (χ2n) is 4.57. The molecule has 2 aromatic rings. The van der Waals surface area contributed by atoms with Crippen LogP contribution in [0.5, 0.6) is 11.6 Å². The third-order valence-electron chi connectivity index (χ3n) is 2.81. The van der Waals surface area contributed by atoms with E-state index < -0.39 is 24.0 Å². The van der Waals surface area contributed by atoms with Gasteiger partial charge in [-0.05, 0) is 5.56 Å². The lowest BCUT2D eigenvalue weighted by Gasteiger charge is -2.15. The van der Waals surface area contributed by atoms with Gasteiger partial charge in [-0.1, -0.05) is 30.3 Å². The average molecular weight is 327 g/mol. The van der Waals surface area contributed by atoms with Crippen molar-refractivity contribution >= 4 is 6.47 Å². The molecule has 0 amide bonds. The highest BCUT2D eigenvalue weighted by atomic mass is 19.4. The number of ether oxygens (including phenoxy) is 2. The fourth-order valence-corrected chi connectivity index (χ4v) is 1.85. The van der Waals surface area contributed by atoms with Crippen LogP contribution >= 0.6 is 0 Å². The lowest BCUT2D eigenvalue weighted by molar-refractivity contribution is -0.142. The second-order valence-corrected chi connectivity index (χ2v) is 4.57. The first-order chi connectivity index (χ1) is 10.9. The molecule has 8 heteroatoms. The number of carbonyl (C=O) groups excluding carboxylic acids is 1. The Morgan fingerprint density at radius 1 is 1.17 bits per heavy atom. The number of hydrogen-bond donors (Lipinski definition) is 0. The zero-order valence-electron chi connectivity index (χ0n) is 11.7. The van der Waals surface area contributed by atoms with E-state index >= 15 is 0 Å². The molecule has 0 saturated carbocycles. The van der Waals surface area contributed by atoms with Crippen molar-refractivity contribution in [2.75, 3.05) is 0 Å². The van der Waals surface area contributed by atoms with Gasteiger partial charge in [-0.3, -0.25) is 9.59 Å². The van der Waals surface area contributed by atoms with Gasteiger partial charge in [0.1, 0.15) is 13.2 Å². The molecule has 0 radical (unpaired) electrons. The number of hydrogen-bond acceptors (Lipinski definition) is 4. The van der Waals surface area contributed by atoms with Gasteiger partial charge in [-0.15, -0.1) is 0 Å². The summed E-state index contributed by atoms with van der Waals surface area (Å²) in [4.78, 5) is 22.2. The van der Waals surface area contributed by atoms with Crippen molar-refractivity contribution in [1.29, 1.82) is 0 Å². The first-order valence-electron chi connectivity index (χ1n) is 6.47. The molecule has 1 aromatic carbocycles. The van der Waals surface area contributed by atoms with Crippen molar-refractivity contribution in [3.63, 3.8) is 0 Å². The Balaban J connectivity index is 2.27. The molecule has 5 nitrogen and oxygen atoms in total. The smallest absolute Gasteiger partial charge is 0.406 e. The molecule has 0 aliphatic carbocycles. The molecule has 0 fully saturated rings. The summed E-state index contributed by atoms with van der Waals surface area (Å²) in [6, 6.07) is 9.60. The first-order valence-corrected chi connectivity index (χ1v) is 6.47. The number of pyridine rings is 1. The third-order valence-corrected chi connectivity index (χ3v) is 2.81. The first kappa shape index (κ1) is 16.6. The Morgan fingerprint density at radius 2 is 1.87 bits per heavy atom. The van der Waals surface area contributed by atoms with Crippen LogP contribution in [0.1, 0.15) is 5.56 Å². The molecule has 0 aliphatic rings. The topological polar surface area (TPSA) is 57.5 Å². The second kappa shape index (κ2) is 6.99. The van der Waals surface area contributed by atoms with E-state index in [1.807, 2.05) is 0 Å². The van der Waals surface area contributed by atoms with Crippen molar-refractivity contribution < 1.29 is 27.4 Å². The molecule has 2 rings (SSSR count). The monoisotopic (exact) mass is 327 g/mol. The minimum absolute atomic E-state index is 0.0238. The standard InChI is InChI=1S/C15H12F3NO4/c16-15(17,18)9-19-7-13(12(21)6-14(19)23-10-20)22-8-11-4-2-1-3-5-11/h1-7,10H,8-9H2. The highest BCUT2D eigenvalue weighted by molar-refractivity contribution is 5.43. The normalized spacial score (nSPS) is 11.1. The van der Waals surface area contributed by atoms with Crippen LogP contribution in [-0.2, 0) is 17.9 Å². The highest BCUT2D eigenvalue weighted by Crippen LogP contribution is 2.22. The van der Waals surface area contributed by atoms with Gasteiger partial charge in [-0.2, -0.15) is 13.2 Å². The summed E-state index contributed by atoms with van der Waals surface area (Å²) in [6.45, 7) is -1.44. The number of aromatic nitrogens is 1. The van der Waals surface area contributed by atoms with E-state index in [1.54, 1.807) is 30.3 Å². The predicted octanol–water partition coefficient (Wildman–Crippen LogP) is 2.52. The molecule has 0 bridgehead atoms. The SMILES string of the molecule is O=COc1cc(=O)c(OCc2ccccc2)cn1CC(F)(F)F. The summed E-state index contributed by atoms with van der Waals surface area (Å²) in [6.07, 6.45) is -3.68. The summed E-state index contributed by atoms with van der Waals surface area (Å²) >= 11 is 0. The van der Waals surface area contributed by atoms with Crippen molar-refractivity contribution in [3.05, 3.63) is 58.4 Å². The zero-order chi connectivity index (χ0) is 16.9. The molecular formula is C15H12F3NO4. The van der Waals surface area contributed by atoms with E-state index in [1.165, 1.54) is 0 Å². The Labute approximate surface area is 128 Å².